The number of piperazine rings is 1. The molecule has 0 saturated carbocycles. The lowest BCUT2D eigenvalue weighted by Crippen LogP contribution is -2.44. The van der Waals surface area contributed by atoms with Crippen LogP contribution in [-0.4, -0.2) is 57.6 Å². The third-order valence-corrected chi connectivity index (χ3v) is 3.71. The molecule has 5 nitrogen and oxygen atoms in total. The number of nitrogens with zero attached hydrogens (tertiary/aromatic N) is 5. The predicted octanol–water partition coefficient (Wildman–Crippen LogP) is 1.13. The molecule has 0 spiro atoms. The summed E-state index contributed by atoms with van der Waals surface area (Å²) in [7, 11) is 2.16. The van der Waals surface area contributed by atoms with Crippen LogP contribution in [0.1, 0.15) is 5.82 Å². The van der Waals surface area contributed by atoms with Crippen LogP contribution >= 0.6 is 11.6 Å². The van der Waals surface area contributed by atoms with E-state index in [1.54, 1.807) is 0 Å². The molecule has 3 rings (SSSR count). The average Bonchev–Trinajstić information content (AvgIpc) is 2.77. The molecule has 6 heteroatoms. The van der Waals surface area contributed by atoms with Gasteiger partial charge in [-0.1, -0.05) is 11.6 Å². The van der Waals surface area contributed by atoms with Crippen LogP contribution in [-0.2, 0) is 6.54 Å². The molecule has 1 aliphatic rings. The van der Waals surface area contributed by atoms with Crippen LogP contribution in [0.4, 0.5) is 0 Å². The highest BCUT2D eigenvalue weighted by Gasteiger charge is 2.16. The van der Waals surface area contributed by atoms with E-state index in [9.17, 15) is 0 Å². The monoisotopic (exact) mass is 265 g/mol. The molecule has 0 atom stereocenters. The molecule has 2 aromatic rings. The number of likely N-dealkylation sites (N-methyl/N-ethyl adjacent to an activating group) is 1. The van der Waals surface area contributed by atoms with E-state index >= 15 is 0 Å². The summed E-state index contributed by atoms with van der Waals surface area (Å²) in [6.07, 6.45) is 1.96. The Morgan fingerprint density at radius 1 is 1.22 bits per heavy atom. The van der Waals surface area contributed by atoms with Gasteiger partial charge in [-0.3, -0.25) is 9.30 Å². The van der Waals surface area contributed by atoms with E-state index in [2.05, 4.69) is 27.0 Å². The van der Waals surface area contributed by atoms with Crippen molar-refractivity contribution in [2.24, 2.45) is 0 Å². The first-order chi connectivity index (χ1) is 8.74. The molecule has 3 heterocycles. The number of pyridine rings is 1. The van der Waals surface area contributed by atoms with Gasteiger partial charge in [0.15, 0.2) is 11.5 Å². The Balaban J connectivity index is 1.81. The molecule has 18 heavy (non-hydrogen) atoms. The van der Waals surface area contributed by atoms with Crippen molar-refractivity contribution in [3.8, 4) is 0 Å². The van der Waals surface area contributed by atoms with E-state index in [0.717, 1.165) is 44.2 Å². The smallest absolute Gasteiger partial charge is 0.179 e. The molecule has 0 unspecified atom stereocenters. The van der Waals surface area contributed by atoms with Crippen molar-refractivity contribution in [2.45, 2.75) is 6.54 Å². The average molecular weight is 266 g/mol. The Morgan fingerprint density at radius 2 is 2.00 bits per heavy atom. The number of halogens is 1. The van der Waals surface area contributed by atoms with Crippen LogP contribution in [0.2, 0.25) is 5.02 Å². The van der Waals surface area contributed by atoms with Crippen LogP contribution in [0.5, 0.6) is 0 Å². The first-order valence-electron chi connectivity index (χ1n) is 6.13. The Bertz CT molecular complexity index is 544. The highest BCUT2D eigenvalue weighted by Crippen LogP contribution is 2.16. The fourth-order valence-corrected chi connectivity index (χ4v) is 2.45. The molecule has 2 aromatic heterocycles. The van der Waals surface area contributed by atoms with Gasteiger partial charge in [0, 0.05) is 32.4 Å². The van der Waals surface area contributed by atoms with Crippen LogP contribution in [0, 0.1) is 0 Å². The summed E-state index contributed by atoms with van der Waals surface area (Å²) >= 11 is 6.09. The molecule has 1 fully saturated rings. The third-order valence-electron chi connectivity index (χ3n) is 3.42. The molecule has 96 valence electrons. The highest BCUT2D eigenvalue weighted by atomic mass is 35.5. The third kappa shape index (κ3) is 2.21. The van der Waals surface area contributed by atoms with E-state index in [0.29, 0.717) is 5.02 Å². The maximum absolute atomic E-state index is 6.09. The Kier molecular flexibility index (Phi) is 3.20. The maximum atomic E-state index is 6.09. The van der Waals surface area contributed by atoms with Crippen LogP contribution < -0.4 is 0 Å². The van der Waals surface area contributed by atoms with Crippen molar-refractivity contribution in [3.63, 3.8) is 0 Å². The number of aromatic nitrogens is 3. The van der Waals surface area contributed by atoms with Gasteiger partial charge in [0.2, 0.25) is 0 Å². The quantitative estimate of drug-likeness (QED) is 0.816. The van der Waals surface area contributed by atoms with Gasteiger partial charge in [-0.05, 0) is 19.2 Å². The predicted molar refractivity (Wildman–Crippen MR) is 70.8 cm³/mol. The van der Waals surface area contributed by atoms with Gasteiger partial charge in [0.25, 0.3) is 0 Å². The molecule has 1 aliphatic heterocycles. The SMILES string of the molecule is CN1CCN(Cc2nnc3c(Cl)cccn23)CC1. The fraction of sp³-hybridized carbons (Fsp3) is 0.500. The van der Waals surface area contributed by atoms with Crippen LogP contribution in [0.25, 0.3) is 5.65 Å². The van der Waals surface area contributed by atoms with Crippen molar-refractivity contribution in [3.05, 3.63) is 29.2 Å². The summed E-state index contributed by atoms with van der Waals surface area (Å²) < 4.78 is 1.97. The minimum Gasteiger partial charge on any atom is -0.304 e. The number of rotatable bonds is 2. The second-order valence-electron chi connectivity index (χ2n) is 4.75. The molecular formula is C12H16ClN5. The summed E-state index contributed by atoms with van der Waals surface area (Å²) in [5.74, 6) is 0.956. The van der Waals surface area contributed by atoms with Gasteiger partial charge in [0.1, 0.15) is 0 Å². The largest absolute Gasteiger partial charge is 0.304 e. The summed E-state index contributed by atoms with van der Waals surface area (Å²) in [6, 6.07) is 3.76. The van der Waals surface area contributed by atoms with Gasteiger partial charge in [-0.25, -0.2) is 0 Å². The van der Waals surface area contributed by atoms with Gasteiger partial charge in [-0.2, -0.15) is 0 Å². The van der Waals surface area contributed by atoms with Gasteiger partial charge < -0.3 is 4.90 Å². The molecule has 1 saturated heterocycles. The van der Waals surface area contributed by atoms with Crippen molar-refractivity contribution >= 4 is 17.2 Å². The topological polar surface area (TPSA) is 36.7 Å². The lowest BCUT2D eigenvalue weighted by molar-refractivity contribution is 0.145. The van der Waals surface area contributed by atoms with Crippen LogP contribution in [0.15, 0.2) is 18.3 Å². The number of hydrogen-bond acceptors (Lipinski definition) is 4. The molecule has 0 aliphatic carbocycles. The van der Waals surface area contributed by atoms with Crippen molar-refractivity contribution < 1.29 is 0 Å². The van der Waals surface area contributed by atoms with Gasteiger partial charge in [0.05, 0.1) is 11.6 Å². The number of hydrogen-bond donors (Lipinski definition) is 0. The lowest BCUT2D eigenvalue weighted by Gasteiger charge is -2.31. The normalized spacial score (nSPS) is 18.6. The second kappa shape index (κ2) is 4.84. The van der Waals surface area contributed by atoms with Crippen molar-refractivity contribution in [2.75, 3.05) is 33.2 Å². The molecule has 0 aromatic carbocycles. The zero-order chi connectivity index (χ0) is 12.5. The minimum atomic E-state index is 0.648. The Labute approximate surface area is 111 Å². The summed E-state index contributed by atoms with van der Waals surface area (Å²) in [5, 5.41) is 9.03. The summed E-state index contributed by atoms with van der Waals surface area (Å²) in [4.78, 5) is 4.74. The van der Waals surface area contributed by atoms with Crippen molar-refractivity contribution in [1.29, 1.82) is 0 Å². The van der Waals surface area contributed by atoms with E-state index < -0.39 is 0 Å². The Morgan fingerprint density at radius 3 is 2.78 bits per heavy atom. The lowest BCUT2D eigenvalue weighted by atomic mass is 10.3. The maximum Gasteiger partial charge on any atom is 0.179 e. The standard InChI is InChI=1S/C12H16ClN5/c1-16-5-7-17(8-6-16)9-11-14-15-12-10(13)3-2-4-18(11)12/h2-4H,5-9H2,1H3. The van der Waals surface area contributed by atoms with E-state index in [1.807, 2.05) is 22.7 Å². The second-order valence-corrected chi connectivity index (χ2v) is 5.15. The summed E-state index contributed by atoms with van der Waals surface area (Å²) in [6.45, 7) is 5.20. The van der Waals surface area contributed by atoms with E-state index in [4.69, 9.17) is 11.6 Å². The number of fused-ring (bicyclic) bond motifs is 1. The molecular weight excluding hydrogens is 250 g/mol. The molecule has 0 N–H and O–H groups in total. The summed E-state index contributed by atoms with van der Waals surface area (Å²) in [5.41, 5.74) is 0.739. The van der Waals surface area contributed by atoms with E-state index in [1.165, 1.54) is 0 Å². The first-order valence-corrected chi connectivity index (χ1v) is 6.51. The Hall–Kier alpha value is -1.17. The fourth-order valence-electron chi connectivity index (χ4n) is 2.25. The highest BCUT2D eigenvalue weighted by molar-refractivity contribution is 6.33. The van der Waals surface area contributed by atoms with Crippen molar-refractivity contribution in [1.82, 2.24) is 24.4 Å². The minimum absolute atomic E-state index is 0.648. The van der Waals surface area contributed by atoms with E-state index in [-0.39, 0.29) is 0 Å². The molecule has 0 bridgehead atoms. The zero-order valence-corrected chi connectivity index (χ0v) is 11.1. The van der Waals surface area contributed by atoms with Gasteiger partial charge in [-0.15, -0.1) is 10.2 Å². The molecule has 0 radical (unpaired) electrons. The zero-order valence-electron chi connectivity index (χ0n) is 10.4. The molecule has 0 amide bonds. The van der Waals surface area contributed by atoms with Crippen LogP contribution in [0.3, 0.4) is 0 Å². The van der Waals surface area contributed by atoms with Gasteiger partial charge >= 0.3 is 0 Å². The first kappa shape index (κ1) is 11.9.